The first-order chi connectivity index (χ1) is 8.94. The summed E-state index contributed by atoms with van der Waals surface area (Å²) < 4.78 is 5.48. The summed E-state index contributed by atoms with van der Waals surface area (Å²) >= 11 is 0. The molecule has 0 radical (unpaired) electrons. The van der Waals surface area contributed by atoms with Crippen molar-refractivity contribution in [1.82, 2.24) is 0 Å². The number of carbonyl (C=O) groups is 1. The van der Waals surface area contributed by atoms with Crippen LogP contribution in [-0.2, 0) is 10.2 Å². The number of hydrogen-bond acceptors (Lipinski definition) is 2. The van der Waals surface area contributed by atoms with Crippen LogP contribution in [0.2, 0.25) is 0 Å². The second-order valence-electron chi connectivity index (χ2n) is 6.26. The quantitative estimate of drug-likeness (QED) is 0.765. The minimum absolute atomic E-state index is 0.0417. The molecule has 0 aromatic heterocycles. The molecule has 0 saturated carbocycles. The van der Waals surface area contributed by atoms with Gasteiger partial charge in [-0.1, -0.05) is 45.0 Å². The SMILES string of the molecule is CCC(C)(C)c1ccc(C(=O)C2COC(C)C2)cc1. The molecule has 1 aliphatic heterocycles. The maximum atomic E-state index is 12.3. The predicted octanol–water partition coefficient (Wildman–Crippen LogP) is 3.98. The molecule has 0 spiro atoms. The molecule has 2 rings (SSSR count). The molecule has 1 heterocycles. The first-order valence-corrected chi connectivity index (χ1v) is 7.20. The Labute approximate surface area is 116 Å². The zero-order valence-electron chi connectivity index (χ0n) is 12.4. The molecule has 2 heteroatoms. The van der Waals surface area contributed by atoms with E-state index >= 15 is 0 Å². The fraction of sp³-hybridized carbons (Fsp3) is 0.588. The summed E-state index contributed by atoms with van der Waals surface area (Å²) in [5.41, 5.74) is 2.29. The highest BCUT2D eigenvalue weighted by Crippen LogP contribution is 2.28. The molecule has 1 aromatic carbocycles. The summed E-state index contributed by atoms with van der Waals surface area (Å²) in [6, 6.07) is 8.13. The molecule has 1 saturated heterocycles. The van der Waals surface area contributed by atoms with Crippen molar-refractivity contribution in [2.75, 3.05) is 6.61 Å². The van der Waals surface area contributed by atoms with Crippen molar-refractivity contribution in [3.05, 3.63) is 35.4 Å². The highest BCUT2D eigenvalue weighted by molar-refractivity contribution is 5.98. The van der Waals surface area contributed by atoms with Crippen LogP contribution in [0.1, 0.15) is 56.5 Å². The van der Waals surface area contributed by atoms with Crippen LogP contribution in [0, 0.1) is 5.92 Å². The minimum atomic E-state index is 0.0417. The fourth-order valence-electron chi connectivity index (χ4n) is 2.53. The molecule has 2 atom stereocenters. The van der Waals surface area contributed by atoms with Crippen LogP contribution in [0.5, 0.6) is 0 Å². The van der Waals surface area contributed by atoms with E-state index in [1.54, 1.807) is 0 Å². The van der Waals surface area contributed by atoms with Crippen molar-refractivity contribution in [3.63, 3.8) is 0 Å². The first-order valence-electron chi connectivity index (χ1n) is 7.20. The Hall–Kier alpha value is -1.15. The molecule has 0 bridgehead atoms. The van der Waals surface area contributed by atoms with Gasteiger partial charge >= 0.3 is 0 Å². The van der Waals surface area contributed by atoms with E-state index in [0.717, 1.165) is 18.4 Å². The summed E-state index contributed by atoms with van der Waals surface area (Å²) in [4.78, 5) is 12.3. The zero-order valence-corrected chi connectivity index (χ0v) is 12.4. The van der Waals surface area contributed by atoms with E-state index in [1.807, 2.05) is 19.1 Å². The summed E-state index contributed by atoms with van der Waals surface area (Å²) in [6.07, 6.45) is 2.15. The third kappa shape index (κ3) is 3.06. The smallest absolute Gasteiger partial charge is 0.168 e. The molecule has 0 aliphatic carbocycles. The van der Waals surface area contributed by atoms with E-state index in [0.29, 0.717) is 6.61 Å². The lowest BCUT2D eigenvalue weighted by molar-refractivity contribution is 0.0877. The molecule has 2 unspecified atom stereocenters. The van der Waals surface area contributed by atoms with Gasteiger partial charge in [0.1, 0.15) is 0 Å². The van der Waals surface area contributed by atoms with Crippen LogP contribution < -0.4 is 0 Å². The number of ketones is 1. The number of benzene rings is 1. The lowest BCUT2D eigenvalue weighted by Gasteiger charge is -2.23. The monoisotopic (exact) mass is 260 g/mol. The van der Waals surface area contributed by atoms with Crippen LogP contribution in [0.15, 0.2) is 24.3 Å². The highest BCUT2D eigenvalue weighted by Gasteiger charge is 2.29. The molecule has 1 aromatic rings. The van der Waals surface area contributed by atoms with Crippen molar-refractivity contribution in [2.24, 2.45) is 5.92 Å². The van der Waals surface area contributed by atoms with Gasteiger partial charge in [0.05, 0.1) is 12.7 Å². The Kier molecular flexibility index (Phi) is 4.10. The van der Waals surface area contributed by atoms with Crippen molar-refractivity contribution >= 4 is 5.78 Å². The lowest BCUT2D eigenvalue weighted by atomic mass is 9.81. The Morgan fingerprint density at radius 3 is 2.42 bits per heavy atom. The normalized spacial score (nSPS) is 23.6. The van der Waals surface area contributed by atoms with Gasteiger partial charge in [-0.05, 0) is 30.7 Å². The molecule has 104 valence electrons. The molecule has 0 amide bonds. The van der Waals surface area contributed by atoms with Gasteiger partial charge in [-0.25, -0.2) is 0 Å². The molecule has 0 N–H and O–H groups in total. The summed E-state index contributed by atoms with van der Waals surface area (Å²) in [7, 11) is 0. The van der Waals surface area contributed by atoms with Gasteiger partial charge in [0.25, 0.3) is 0 Å². The Bertz CT molecular complexity index is 445. The van der Waals surface area contributed by atoms with Crippen LogP contribution in [-0.4, -0.2) is 18.5 Å². The number of ether oxygens (including phenoxy) is 1. The standard InChI is InChI=1S/C17H24O2/c1-5-17(3,4)15-8-6-13(7-9-15)16(18)14-10-12(2)19-11-14/h6-9,12,14H,5,10-11H2,1-4H3. The van der Waals surface area contributed by atoms with Gasteiger partial charge in [-0.3, -0.25) is 4.79 Å². The molecular weight excluding hydrogens is 236 g/mol. The van der Waals surface area contributed by atoms with Crippen molar-refractivity contribution < 1.29 is 9.53 Å². The van der Waals surface area contributed by atoms with E-state index < -0.39 is 0 Å². The third-order valence-corrected chi connectivity index (χ3v) is 4.40. The first kappa shape index (κ1) is 14.3. The molecule has 19 heavy (non-hydrogen) atoms. The van der Waals surface area contributed by atoms with Crippen LogP contribution >= 0.6 is 0 Å². The van der Waals surface area contributed by atoms with E-state index in [9.17, 15) is 4.79 Å². The van der Waals surface area contributed by atoms with E-state index in [-0.39, 0.29) is 23.2 Å². The second-order valence-corrected chi connectivity index (χ2v) is 6.26. The summed E-state index contributed by atoms with van der Waals surface area (Å²) in [6.45, 7) is 9.26. The number of Topliss-reactive ketones (excluding diaryl/α,β-unsaturated/α-hetero) is 1. The van der Waals surface area contributed by atoms with E-state index in [2.05, 4.69) is 32.9 Å². The van der Waals surface area contributed by atoms with Gasteiger partial charge in [0.15, 0.2) is 5.78 Å². The highest BCUT2D eigenvalue weighted by atomic mass is 16.5. The van der Waals surface area contributed by atoms with Crippen LogP contribution in [0.3, 0.4) is 0 Å². The molecular formula is C17H24O2. The third-order valence-electron chi connectivity index (χ3n) is 4.40. The zero-order chi connectivity index (χ0) is 14.0. The van der Waals surface area contributed by atoms with Gasteiger partial charge in [-0.15, -0.1) is 0 Å². The number of rotatable bonds is 4. The maximum Gasteiger partial charge on any atom is 0.168 e. The molecule has 1 aliphatic rings. The van der Waals surface area contributed by atoms with E-state index in [1.165, 1.54) is 5.56 Å². The maximum absolute atomic E-state index is 12.3. The van der Waals surface area contributed by atoms with E-state index in [4.69, 9.17) is 4.74 Å². The van der Waals surface area contributed by atoms with Crippen molar-refractivity contribution in [1.29, 1.82) is 0 Å². The Balaban J connectivity index is 2.12. The molecule has 2 nitrogen and oxygen atoms in total. The Morgan fingerprint density at radius 2 is 1.95 bits per heavy atom. The van der Waals surface area contributed by atoms with Crippen molar-refractivity contribution in [3.8, 4) is 0 Å². The minimum Gasteiger partial charge on any atom is -0.378 e. The average Bonchev–Trinajstić information content (AvgIpc) is 2.85. The summed E-state index contributed by atoms with van der Waals surface area (Å²) in [5, 5.41) is 0. The number of carbonyl (C=O) groups excluding carboxylic acids is 1. The van der Waals surface area contributed by atoms with Gasteiger partial charge < -0.3 is 4.74 Å². The summed E-state index contributed by atoms with van der Waals surface area (Å²) in [5.74, 6) is 0.269. The molecule has 1 fully saturated rings. The topological polar surface area (TPSA) is 26.3 Å². The largest absolute Gasteiger partial charge is 0.378 e. The van der Waals surface area contributed by atoms with Crippen LogP contribution in [0.25, 0.3) is 0 Å². The average molecular weight is 260 g/mol. The van der Waals surface area contributed by atoms with Crippen LogP contribution in [0.4, 0.5) is 0 Å². The van der Waals surface area contributed by atoms with Gasteiger partial charge in [0.2, 0.25) is 0 Å². The fourth-order valence-corrected chi connectivity index (χ4v) is 2.53. The Morgan fingerprint density at radius 1 is 1.32 bits per heavy atom. The lowest BCUT2D eigenvalue weighted by Crippen LogP contribution is -2.17. The predicted molar refractivity (Wildman–Crippen MR) is 77.6 cm³/mol. The second kappa shape index (κ2) is 5.46. The van der Waals surface area contributed by atoms with Gasteiger partial charge in [0, 0.05) is 11.5 Å². The number of hydrogen-bond donors (Lipinski definition) is 0. The van der Waals surface area contributed by atoms with Gasteiger partial charge in [-0.2, -0.15) is 0 Å². The van der Waals surface area contributed by atoms with Crippen molar-refractivity contribution in [2.45, 2.75) is 52.1 Å².